The van der Waals surface area contributed by atoms with Gasteiger partial charge in [0, 0.05) is 6.54 Å². The van der Waals surface area contributed by atoms with Gasteiger partial charge in [-0.25, -0.2) is 4.79 Å². The first-order chi connectivity index (χ1) is 10.2. The average Bonchev–Trinajstić information content (AvgIpc) is 2.53. The van der Waals surface area contributed by atoms with Crippen LogP contribution in [0.15, 0.2) is 48.5 Å². The number of aryl methyl sites for hydroxylation is 1. The summed E-state index contributed by atoms with van der Waals surface area (Å²) in [7, 11) is 1.37. The number of methoxy groups -OCH3 is 1. The fourth-order valence-corrected chi connectivity index (χ4v) is 2.20. The van der Waals surface area contributed by atoms with Gasteiger partial charge in [0.05, 0.1) is 24.0 Å². The van der Waals surface area contributed by atoms with Gasteiger partial charge >= 0.3 is 5.97 Å². The number of hydrogen-bond acceptors (Lipinski definition) is 4. The van der Waals surface area contributed by atoms with Crippen LogP contribution in [0.25, 0.3) is 0 Å². The molecule has 0 spiro atoms. The summed E-state index contributed by atoms with van der Waals surface area (Å²) in [6.45, 7) is 0.743. The van der Waals surface area contributed by atoms with Crippen molar-refractivity contribution in [3.8, 4) is 0 Å². The molecule has 0 heterocycles. The van der Waals surface area contributed by atoms with Crippen LogP contribution in [-0.4, -0.2) is 19.6 Å². The van der Waals surface area contributed by atoms with Gasteiger partial charge in [-0.1, -0.05) is 36.4 Å². The standard InChI is InChI=1S/C17H20N2O2/c1-21-17(20)14-10-5-11-15(18)16(14)19-12-6-9-13-7-3-2-4-8-13/h2-5,7-8,10-11,19H,6,9,12,18H2,1H3. The molecule has 3 N–H and O–H groups in total. The Labute approximate surface area is 124 Å². The van der Waals surface area contributed by atoms with E-state index in [2.05, 4.69) is 17.4 Å². The minimum Gasteiger partial charge on any atom is -0.465 e. The van der Waals surface area contributed by atoms with Crippen molar-refractivity contribution in [3.05, 3.63) is 59.7 Å². The van der Waals surface area contributed by atoms with E-state index < -0.39 is 0 Å². The summed E-state index contributed by atoms with van der Waals surface area (Å²) in [6.07, 6.45) is 1.94. The molecule has 0 aliphatic rings. The predicted octanol–water partition coefficient (Wildman–Crippen LogP) is 3.10. The molecule has 0 bridgehead atoms. The number of esters is 1. The van der Waals surface area contributed by atoms with Crippen molar-refractivity contribution in [2.24, 2.45) is 0 Å². The molecule has 0 radical (unpaired) electrons. The van der Waals surface area contributed by atoms with Crippen molar-refractivity contribution in [2.45, 2.75) is 12.8 Å². The highest BCUT2D eigenvalue weighted by Crippen LogP contribution is 2.24. The lowest BCUT2D eigenvalue weighted by Crippen LogP contribution is -2.11. The van der Waals surface area contributed by atoms with Gasteiger partial charge in [0.1, 0.15) is 0 Å². The Balaban J connectivity index is 1.95. The molecule has 0 aliphatic carbocycles. The molecular formula is C17H20N2O2. The van der Waals surface area contributed by atoms with Gasteiger partial charge in [-0.2, -0.15) is 0 Å². The van der Waals surface area contributed by atoms with E-state index in [1.165, 1.54) is 12.7 Å². The lowest BCUT2D eigenvalue weighted by atomic mass is 10.1. The first-order valence-corrected chi connectivity index (χ1v) is 6.97. The second-order valence-electron chi connectivity index (χ2n) is 4.78. The van der Waals surface area contributed by atoms with Crippen LogP contribution in [-0.2, 0) is 11.2 Å². The van der Waals surface area contributed by atoms with E-state index in [0.29, 0.717) is 16.9 Å². The van der Waals surface area contributed by atoms with E-state index in [9.17, 15) is 4.79 Å². The molecule has 2 rings (SSSR count). The maximum absolute atomic E-state index is 11.7. The van der Waals surface area contributed by atoms with Crippen LogP contribution in [0, 0.1) is 0 Å². The van der Waals surface area contributed by atoms with Crippen LogP contribution in [0.5, 0.6) is 0 Å². The minimum atomic E-state index is -0.382. The molecule has 110 valence electrons. The first kappa shape index (κ1) is 14.9. The van der Waals surface area contributed by atoms with Crippen LogP contribution < -0.4 is 11.1 Å². The Kier molecular flexibility index (Phi) is 5.21. The fourth-order valence-electron chi connectivity index (χ4n) is 2.20. The molecular weight excluding hydrogens is 264 g/mol. The number of nitrogens with two attached hydrogens (primary N) is 1. The first-order valence-electron chi connectivity index (χ1n) is 6.97. The SMILES string of the molecule is COC(=O)c1cccc(N)c1NCCCc1ccccc1. The van der Waals surface area contributed by atoms with E-state index >= 15 is 0 Å². The number of carbonyl (C=O) groups is 1. The van der Waals surface area contributed by atoms with E-state index in [0.717, 1.165) is 19.4 Å². The molecule has 0 atom stereocenters. The molecule has 4 nitrogen and oxygen atoms in total. The molecule has 0 unspecified atom stereocenters. The molecule has 2 aromatic carbocycles. The van der Waals surface area contributed by atoms with Crippen molar-refractivity contribution in [1.29, 1.82) is 0 Å². The summed E-state index contributed by atoms with van der Waals surface area (Å²) in [5, 5.41) is 3.24. The highest BCUT2D eigenvalue weighted by molar-refractivity contribution is 5.98. The van der Waals surface area contributed by atoms with Gasteiger partial charge in [-0.05, 0) is 30.5 Å². The molecule has 2 aromatic rings. The van der Waals surface area contributed by atoms with Gasteiger partial charge in [0.25, 0.3) is 0 Å². The average molecular weight is 284 g/mol. The zero-order valence-electron chi connectivity index (χ0n) is 12.1. The molecule has 0 fully saturated rings. The van der Waals surface area contributed by atoms with Crippen LogP contribution in [0.1, 0.15) is 22.3 Å². The Bertz CT molecular complexity index is 597. The zero-order chi connectivity index (χ0) is 15.1. The normalized spacial score (nSPS) is 10.1. The third-order valence-electron chi connectivity index (χ3n) is 3.29. The molecule has 0 saturated heterocycles. The van der Waals surface area contributed by atoms with E-state index in [1.807, 2.05) is 18.2 Å². The van der Waals surface area contributed by atoms with Crippen molar-refractivity contribution >= 4 is 17.3 Å². The van der Waals surface area contributed by atoms with E-state index in [1.54, 1.807) is 18.2 Å². The summed E-state index contributed by atoms with van der Waals surface area (Å²) < 4.78 is 4.77. The number of benzene rings is 2. The smallest absolute Gasteiger partial charge is 0.340 e. The van der Waals surface area contributed by atoms with Gasteiger partial charge in [0.2, 0.25) is 0 Å². The maximum atomic E-state index is 11.7. The lowest BCUT2D eigenvalue weighted by Gasteiger charge is -2.13. The summed E-state index contributed by atoms with van der Waals surface area (Å²) in [6, 6.07) is 15.5. The maximum Gasteiger partial charge on any atom is 0.340 e. The number of carbonyl (C=O) groups excluding carboxylic acids is 1. The topological polar surface area (TPSA) is 64.3 Å². The highest BCUT2D eigenvalue weighted by Gasteiger charge is 2.13. The Morgan fingerprint density at radius 2 is 1.90 bits per heavy atom. The summed E-state index contributed by atoms with van der Waals surface area (Å²) in [4.78, 5) is 11.7. The number of nitrogens with one attached hydrogen (secondary N) is 1. The van der Waals surface area contributed by atoms with Crippen molar-refractivity contribution in [1.82, 2.24) is 0 Å². The third-order valence-corrected chi connectivity index (χ3v) is 3.29. The number of para-hydroxylation sites is 1. The van der Waals surface area contributed by atoms with Gasteiger partial charge in [0.15, 0.2) is 0 Å². The molecule has 21 heavy (non-hydrogen) atoms. The molecule has 0 aromatic heterocycles. The minimum absolute atomic E-state index is 0.382. The number of anilines is 2. The van der Waals surface area contributed by atoms with Gasteiger partial charge in [-0.15, -0.1) is 0 Å². The summed E-state index contributed by atoms with van der Waals surface area (Å²) >= 11 is 0. The lowest BCUT2D eigenvalue weighted by molar-refractivity contribution is 0.0602. The Morgan fingerprint density at radius 1 is 1.14 bits per heavy atom. The quantitative estimate of drug-likeness (QED) is 0.486. The molecule has 0 amide bonds. The Morgan fingerprint density at radius 3 is 2.62 bits per heavy atom. The second-order valence-corrected chi connectivity index (χ2v) is 4.78. The van der Waals surface area contributed by atoms with E-state index in [-0.39, 0.29) is 5.97 Å². The Hall–Kier alpha value is -2.49. The van der Waals surface area contributed by atoms with Crippen LogP contribution in [0.2, 0.25) is 0 Å². The second kappa shape index (κ2) is 7.33. The molecule has 0 aliphatic heterocycles. The fraction of sp³-hybridized carbons (Fsp3) is 0.235. The molecule has 4 heteroatoms. The van der Waals surface area contributed by atoms with Gasteiger partial charge in [-0.3, -0.25) is 0 Å². The number of rotatable bonds is 6. The van der Waals surface area contributed by atoms with E-state index in [4.69, 9.17) is 10.5 Å². The monoisotopic (exact) mass is 284 g/mol. The van der Waals surface area contributed by atoms with Gasteiger partial charge < -0.3 is 15.8 Å². The van der Waals surface area contributed by atoms with Crippen molar-refractivity contribution < 1.29 is 9.53 Å². The predicted molar refractivity (Wildman–Crippen MR) is 85.4 cm³/mol. The number of hydrogen-bond donors (Lipinski definition) is 2. The van der Waals surface area contributed by atoms with Crippen molar-refractivity contribution in [3.63, 3.8) is 0 Å². The number of nitrogen functional groups attached to an aromatic ring is 1. The largest absolute Gasteiger partial charge is 0.465 e. The highest BCUT2D eigenvalue weighted by atomic mass is 16.5. The van der Waals surface area contributed by atoms with Crippen LogP contribution >= 0.6 is 0 Å². The summed E-state index contributed by atoms with van der Waals surface area (Å²) in [5.74, 6) is -0.382. The van der Waals surface area contributed by atoms with Crippen molar-refractivity contribution in [2.75, 3.05) is 24.7 Å². The number of ether oxygens (including phenoxy) is 1. The molecule has 0 saturated carbocycles. The van der Waals surface area contributed by atoms with Crippen LogP contribution in [0.3, 0.4) is 0 Å². The third kappa shape index (κ3) is 3.99. The zero-order valence-corrected chi connectivity index (χ0v) is 12.1. The summed E-state index contributed by atoms with van der Waals surface area (Å²) in [5.41, 5.74) is 8.91. The van der Waals surface area contributed by atoms with Crippen LogP contribution in [0.4, 0.5) is 11.4 Å².